The van der Waals surface area contributed by atoms with Crippen LogP contribution in [-0.2, 0) is 4.74 Å². The van der Waals surface area contributed by atoms with Crippen LogP contribution in [0.3, 0.4) is 0 Å². The number of halogens is 1. The molecule has 2 rings (SSSR count). The molecule has 1 saturated heterocycles. The Hall–Kier alpha value is -2.35. The summed E-state index contributed by atoms with van der Waals surface area (Å²) in [6, 6.07) is 3.57. The van der Waals surface area contributed by atoms with E-state index in [1.165, 1.54) is 12.1 Å². The third-order valence-corrected chi connectivity index (χ3v) is 4.18. The SMILES string of the molecule is C[C@H]1CN(CCOc2ccc(C(=O)O)cc2F)CCN1C(=O)OC(C)(C)C. The molecule has 1 amide bonds. The summed E-state index contributed by atoms with van der Waals surface area (Å²) in [5.41, 5.74) is -0.644. The smallest absolute Gasteiger partial charge is 0.410 e. The van der Waals surface area contributed by atoms with Crippen LogP contribution in [0.15, 0.2) is 18.2 Å². The minimum atomic E-state index is -1.18. The van der Waals surface area contributed by atoms with Crippen LogP contribution in [0.25, 0.3) is 0 Å². The quantitative estimate of drug-likeness (QED) is 0.844. The topological polar surface area (TPSA) is 79.3 Å². The summed E-state index contributed by atoms with van der Waals surface area (Å²) >= 11 is 0. The van der Waals surface area contributed by atoms with Crippen LogP contribution in [0.2, 0.25) is 0 Å². The first kappa shape index (κ1) is 21.0. The lowest BCUT2D eigenvalue weighted by Gasteiger charge is -2.40. The maximum absolute atomic E-state index is 13.9. The van der Waals surface area contributed by atoms with Crippen molar-refractivity contribution >= 4 is 12.1 Å². The van der Waals surface area contributed by atoms with E-state index in [9.17, 15) is 14.0 Å². The molecule has 0 aromatic heterocycles. The molecule has 0 bridgehead atoms. The molecule has 1 aromatic rings. The molecule has 1 aromatic carbocycles. The van der Waals surface area contributed by atoms with Crippen molar-refractivity contribution in [2.24, 2.45) is 0 Å². The number of rotatable bonds is 5. The number of aromatic carboxylic acids is 1. The molecule has 1 aliphatic heterocycles. The van der Waals surface area contributed by atoms with E-state index in [0.717, 1.165) is 6.07 Å². The number of piperazine rings is 1. The van der Waals surface area contributed by atoms with Gasteiger partial charge < -0.3 is 19.5 Å². The van der Waals surface area contributed by atoms with Crippen molar-refractivity contribution in [3.05, 3.63) is 29.6 Å². The highest BCUT2D eigenvalue weighted by Gasteiger charge is 2.30. The molecule has 0 spiro atoms. The molecule has 8 heteroatoms. The summed E-state index contributed by atoms with van der Waals surface area (Å²) < 4.78 is 24.7. The zero-order valence-electron chi connectivity index (χ0n) is 16.2. The summed E-state index contributed by atoms with van der Waals surface area (Å²) in [7, 11) is 0. The van der Waals surface area contributed by atoms with Crippen LogP contribution in [0.1, 0.15) is 38.1 Å². The van der Waals surface area contributed by atoms with Crippen molar-refractivity contribution in [3.63, 3.8) is 0 Å². The van der Waals surface area contributed by atoms with Gasteiger partial charge in [-0.3, -0.25) is 4.90 Å². The number of hydrogen-bond acceptors (Lipinski definition) is 5. The fourth-order valence-corrected chi connectivity index (χ4v) is 2.86. The number of carbonyl (C=O) groups is 2. The van der Waals surface area contributed by atoms with E-state index in [4.69, 9.17) is 14.6 Å². The second kappa shape index (κ2) is 8.56. The van der Waals surface area contributed by atoms with Gasteiger partial charge in [-0.1, -0.05) is 0 Å². The van der Waals surface area contributed by atoms with E-state index < -0.39 is 17.4 Å². The molecule has 7 nitrogen and oxygen atoms in total. The van der Waals surface area contributed by atoms with Crippen molar-refractivity contribution < 1.29 is 28.6 Å². The minimum absolute atomic E-state index is 0.000172. The molecule has 27 heavy (non-hydrogen) atoms. The normalized spacial score (nSPS) is 18.3. The third-order valence-electron chi connectivity index (χ3n) is 4.18. The summed E-state index contributed by atoms with van der Waals surface area (Å²) in [5.74, 6) is -1.85. The highest BCUT2D eigenvalue weighted by molar-refractivity contribution is 5.87. The highest BCUT2D eigenvalue weighted by Crippen LogP contribution is 2.19. The number of carbonyl (C=O) groups excluding carboxylic acids is 1. The largest absolute Gasteiger partial charge is 0.489 e. The maximum Gasteiger partial charge on any atom is 0.410 e. The highest BCUT2D eigenvalue weighted by atomic mass is 19.1. The standard InChI is InChI=1S/C19H27FN2O5/c1-13-12-21(7-8-22(13)18(25)27-19(2,3)4)9-10-26-16-6-5-14(17(23)24)11-15(16)20/h5-6,11,13H,7-10,12H2,1-4H3,(H,23,24)/t13-/m0/s1. The first-order valence-electron chi connectivity index (χ1n) is 8.94. The Morgan fingerprint density at radius 3 is 2.56 bits per heavy atom. The predicted octanol–water partition coefficient (Wildman–Crippen LogP) is 2.84. The number of carboxylic acid groups (broad SMARTS) is 1. The number of nitrogens with zero attached hydrogens (tertiary/aromatic N) is 2. The Bertz CT molecular complexity index is 689. The lowest BCUT2D eigenvalue weighted by Crippen LogP contribution is -2.55. The molecule has 1 aliphatic rings. The molecule has 0 saturated carbocycles. The molecule has 0 radical (unpaired) electrons. The first-order chi connectivity index (χ1) is 12.6. The fourth-order valence-electron chi connectivity index (χ4n) is 2.86. The fraction of sp³-hybridized carbons (Fsp3) is 0.579. The molecule has 0 aliphatic carbocycles. The van der Waals surface area contributed by atoms with Crippen LogP contribution >= 0.6 is 0 Å². The Morgan fingerprint density at radius 2 is 2.00 bits per heavy atom. The van der Waals surface area contributed by atoms with Crippen molar-refractivity contribution in [2.75, 3.05) is 32.8 Å². The van der Waals surface area contributed by atoms with E-state index in [0.29, 0.717) is 26.2 Å². The van der Waals surface area contributed by atoms with E-state index in [1.54, 1.807) is 4.90 Å². The van der Waals surface area contributed by atoms with E-state index >= 15 is 0 Å². The molecular formula is C19H27FN2O5. The monoisotopic (exact) mass is 382 g/mol. The van der Waals surface area contributed by atoms with Gasteiger partial charge in [-0.25, -0.2) is 14.0 Å². The van der Waals surface area contributed by atoms with E-state index in [2.05, 4.69) is 4.90 Å². The molecule has 0 unspecified atom stereocenters. The first-order valence-corrected chi connectivity index (χ1v) is 8.94. The summed E-state index contributed by atoms with van der Waals surface area (Å²) in [5, 5.41) is 8.84. The van der Waals surface area contributed by atoms with Crippen LogP contribution in [0.5, 0.6) is 5.75 Å². The van der Waals surface area contributed by atoms with Gasteiger partial charge in [0.2, 0.25) is 0 Å². The maximum atomic E-state index is 13.9. The molecule has 1 fully saturated rings. The lowest BCUT2D eigenvalue weighted by atomic mass is 10.2. The Balaban J connectivity index is 1.80. The second-order valence-electron chi connectivity index (χ2n) is 7.62. The van der Waals surface area contributed by atoms with Gasteiger partial charge in [0.25, 0.3) is 0 Å². The average Bonchev–Trinajstić information content (AvgIpc) is 2.54. The number of benzene rings is 1. The van der Waals surface area contributed by atoms with Gasteiger partial charge in [0.15, 0.2) is 11.6 Å². The van der Waals surface area contributed by atoms with Gasteiger partial charge in [-0.05, 0) is 45.9 Å². The van der Waals surface area contributed by atoms with E-state index in [1.807, 2.05) is 27.7 Å². The van der Waals surface area contributed by atoms with Gasteiger partial charge in [-0.2, -0.15) is 0 Å². The van der Waals surface area contributed by atoms with Gasteiger partial charge in [-0.15, -0.1) is 0 Å². The van der Waals surface area contributed by atoms with Gasteiger partial charge in [0.05, 0.1) is 5.56 Å². The van der Waals surface area contributed by atoms with Gasteiger partial charge >= 0.3 is 12.1 Å². The second-order valence-corrected chi connectivity index (χ2v) is 7.62. The molecular weight excluding hydrogens is 355 g/mol. The lowest BCUT2D eigenvalue weighted by molar-refractivity contribution is 0.000297. The Morgan fingerprint density at radius 1 is 1.30 bits per heavy atom. The zero-order chi connectivity index (χ0) is 20.2. The zero-order valence-corrected chi connectivity index (χ0v) is 16.2. The van der Waals surface area contributed by atoms with E-state index in [-0.39, 0.29) is 30.1 Å². The molecule has 1 atom stereocenters. The molecule has 1 heterocycles. The van der Waals surface area contributed by atoms with Crippen LogP contribution in [0.4, 0.5) is 9.18 Å². The van der Waals surface area contributed by atoms with Crippen LogP contribution in [-0.4, -0.2) is 71.4 Å². The predicted molar refractivity (Wildman–Crippen MR) is 97.7 cm³/mol. The van der Waals surface area contributed by atoms with Gasteiger partial charge in [0, 0.05) is 32.2 Å². The van der Waals surface area contributed by atoms with Crippen molar-refractivity contribution in [1.82, 2.24) is 9.80 Å². The number of ether oxygens (including phenoxy) is 2. The van der Waals surface area contributed by atoms with Gasteiger partial charge in [0.1, 0.15) is 12.2 Å². The summed E-state index contributed by atoms with van der Waals surface area (Å²) in [6.45, 7) is 10.2. The van der Waals surface area contributed by atoms with Crippen molar-refractivity contribution in [3.8, 4) is 5.75 Å². The average molecular weight is 382 g/mol. The summed E-state index contributed by atoms with van der Waals surface area (Å²) in [4.78, 5) is 26.9. The Kier molecular flexibility index (Phi) is 6.64. The van der Waals surface area contributed by atoms with Crippen LogP contribution < -0.4 is 4.74 Å². The number of carboxylic acids is 1. The van der Waals surface area contributed by atoms with Crippen molar-refractivity contribution in [2.45, 2.75) is 39.3 Å². The number of amides is 1. The molecule has 150 valence electrons. The third kappa shape index (κ3) is 6.09. The Labute approximate surface area is 158 Å². The van der Waals surface area contributed by atoms with Crippen LogP contribution in [0, 0.1) is 5.82 Å². The van der Waals surface area contributed by atoms with Crippen molar-refractivity contribution in [1.29, 1.82) is 0 Å². The summed E-state index contributed by atoms with van der Waals surface area (Å²) in [6.07, 6.45) is -0.313. The number of hydrogen-bond donors (Lipinski definition) is 1. The minimum Gasteiger partial charge on any atom is -0.489 e. The molecule has 1 N–H and O–H groups in total.